The molecule has 1 aliphatic rings. The van der Waals surface area contributed by atoms with Crippen molar-refractivity contribution < 1.29 is 9.53 Å². The minimum absolute atomic E-state index is 0.223. The van der Waals surface area contributed by atoms with Crippen LogP contribution in [-0.2, 0) is 0 Å². The third-order valence-electron chi connectivity index (χ3n) is 3.26. The highest BCUT2D eigenvalue weighted by Gasteiger charge is 2.21. The van der Waals surface area contributed by atoms with Gasteiger partial charge in [0.2, 0.25) is 0 Å². The summed E-state index contributed by atoms with van der Waals surface area (Å²) < 4.78 is 5.08. The number of methoxy groups -OCH3 is 1. The van der Waals surface area contributed by atoms with Crippen molar-refractivity contribution in [2.45, 2.75) is 18.9 Å². The SMILES string of the molecule is COc1ccc(NC(=O)c2cccc(NC3CC3)n2)cc1. The molecule has 1 aliphatic carbocycles. The van der Waals surface area contributed by atoms with Crippen molar-refractivity contribution in [2.75, 3.05) is 17.7 Å². The second-order valence-corrected chi connectivity index (χ2v) is 5.01. The second kappa shape index (κ2) is 5.83. The Morgan fingerprint density at radius 3 is 2.62 bits per heavy atom. The summed E-state index contributed by atoms with van der Waals surface area (Å²) in [6.45, 7) is 0. The van der Waals surface area contributed by atoms with Crippen LogP contribution in [0.5, 0.6) is 5.75 Å². The third kappa shape index (κ3) is 3.51. The molecule has 5 nitrogen and oxygen atoms in total. The summed E-state index contributed by atoms with van der Waals surface area (Å²) >= 11 is 0. The lowest BCUT2D eigenvalue weighted by atomic mass is 10.2. The van der Waals surface area contributed by atoms with Gasteiger partial charge in [-0.25, -0.2) is 4.98 Å². The Labute approximate surface area is 123 Å². The molecular weight excluding hydrogens is 266 g/mol. The molecule has 0 saturated heterocycles. The first-order valence-corrected chi connectivity index (χ1v) is 6.93. The lowest BCUT2D eigenvalue weighted by Gasteiger charge is -2.08. The number of carbonyl (C=O) groups is 1. The van der Waals surface area contributed by atoms with Gasteiger partial charge in [0.1, 0.15) is 17.3 Å². The Bertz CT molecular complexity index is 636. The van der Waals surface area contributed by atoms with Gasteiger partial charge in [-0.3, -0.25) is 4.79 Å². The molecule has 5 heteroatoms. The van der Waals surface area contributed by atoms with Crippen LogP contribution in [0.1, 0.15) is 23.3 Å². The van der Waals surface area contributed by atoms with Gasteiger partial charge in [0.05, 0.1) is 7.11 Å². The van der Waals surface area contributed by atoms with Crippen molar-refractivity contribution in [3.63, 3.8) is 0 Å². The van der Waals surface area contributed by atoms with Gasteiger partial charge < -0.3 is 15.4 Å². The van der Waals surface area contributed by atoms with Gasteiger partial charge in [-0.1, -0.05) is 6.07 Å². The molecule has 1 amide bonds. The van der Waals surface area contributed by atoms with Crippen LogP contribution in [0.15, 0.2) is 42.5 Å². The van der Waals surface area contributed by atoms with Crippen LogP contribution >= 0.6 is 0 Å². The zero-order chi connectivity index (χ0) is 14.7. The van der Waals surface area contributed by atoms with Crippen molar-refractivity contribution >= 4 is 17.4 Å². The van der Waals surface area contributed by atoms with Gasteiger partial charge in [0.15, 0.2) is 0 Å². The molecule has 2 aromatic rings. The lowest BCUT2D eigenvalue weighted by Crippen LogP contribution is -2.15. The van der Waals surface area contributed by atoms with E-state index in [0.29, 0.717) is 17.4 Å². The average molecular weight is 283 g/mol. The molecule has 0 radical (unpaired) electrons. The molecule has 1 fully saturated rings. The maximum absolute atomic E-state index is 12.2. The molecule has 0 unspecified atom stereocenters. The van der Waals surface area contributed by atoms with E-state index in [1.807, 2.05) is 12.1 Å². The van der Waals surface area contributed by atoms with Crippen molar-refractivity contribution in [2.24, 2.45) is 0 Å². The Morgan fingerprint density at radius 2 is 1.95 bits per heavy atom. The van der Waals surface area contributed by atoms with Crippen molar-refractivity contribution in [1.82, 2.24) is 4.98 Å². The second-order valence-electron chi connectivity index (χ2n) is 5.01. The van der Waals surface area contributed by atoms with Crippen LogP contribution in [0.4, 0.5) is 11.5 Å². The van der Waals surface area contributed by atoms with E-state index in [0.717, 1.165) is 11.6 Å². The number of pyridine rings is 1. The first-order valence-electron chi connectivity index (χ1n) is 6.93. The Kier molecular flexibility index (Phi) is 3.73. The predicted octanol–water partition coefficient (Wildman–Crippen LogP) is 2.92. The monoisotopic (exact) mass is 283 g/mol. The largest absolute Gasteiger partial charge is 0.497 e. The van der Waals surface area contributed by atoms with E-state index in [1.165, 1.54) is 12.8 Å². The normalized spacial score (nSPS) is 13.6. The standard InChI is InChI=1S/C16H17N3O2/c1-21-13-9-7-12(8-10-13)18-16(20)14-3-2-4-15(19-14)17-11-5-6-11/h2-4,7-11H,5-6H2,1H3,(H,17,19)(H,18,20). The molecule has 0 aliphatic heterocycles. The van der Waals surface area contributed by atoms with E-state index in [-0.39, 0.29) is 5.91 Å². The van der Waals surface area contributed by atoms with Gasteiger partial charge in [-0.2, -0.15) is 0 Å². The summed E-state index contributed by atoms with van der Waals surface area (Å²) in [5, 5.41) is 6.10. The number of nitrogens with one attached hydrogen (secondary N) is 2. The number of ether oxygens (including phenoxy) is 1. The Hall–Kier alpha value is -2.56. The topological polar surface area (TPSA) is 63.2 Å². The van der Waals surface area contributed by atoms with Gasteiger partial charge in [0, 0.05) is 11.7 Å². The quantitative estimate of drug-likeness (QED) is 0.885. The highest BCUT2D eigenvalue weighted by Crippen LogP contribution is 2.23. The number of hydrogen-bond acceptors (Lipinski definition) is 4. The van der Waals surface area contributed by atoms with Gasteiger partial charge in [0.25, 0.3) is 5.91 Å². The van der Waals surface area contributed by atoms with E-state index in [1.54, 1.807) is 37.4 Å². The van der Waals surface area contributed by atoms with Crippen molar-refractivity contribution in [3.05, 3.63) is 48.2 Å². The predicted molar refractivity (Wildman–Crippen MR) is 81.8 cm³/mol. The highest BCUT2D eigenvalue weighted by atomic mass is 16.5. The lowest BCUT2D eigenvalue weighted by molar-refractivity contribution is 0.102. The number of benzene rings is 1. The number of anilines is 2. The third-order valence-corrected chi connectivity index (χ3v) is 3.26. The number of carbonyl (C=O) groups excluding carboxylic acids is 1. The summed E-state index contributed by atoms with van der Waals surface area (Å²) in [5.74, 6) is 1.28. The van der Waals surface area contributed by atoms with Crippen LogP contribution in [0.2, 0.25) is 0 Å². The van der Waals surface area contributed by atoms with Crippen LogP contribution in [-0.4, -0.2) is 24.0 Å². The average Bonchev–Trinajstić information content (AvgIpc) is 3.32. The molecular formula is C16H17N3O2. The molecule has 2 N–H and O–H groups in total. The van der Waals surface area contributed by atoms with E-state index < -0.39 is 0 Å². The molecule has 0 spiro atoms. The summed E-state index contributed by atoms with van der Waals surface area (Å²) in [6.07, 6.45) is 2.34. The number of rotatable bonds is 5. The van der Waals surface area contributed by atoms with Crippen molar-refractivity contribution in [3.8, 4) is 5.75 Å². The molecule has 21 heavy (non-hydrogen) atoms. The number of amides is 1. The van der Waals surface area contributed by atoms with Gasteiger partial charge >= 0.3 is 0 Å². The Balaban J connectivity index is 1.68. The molecule has 1 aromatic heterocycles. The zero-order valence-electron chi connectivity index (χ0n) is 11.8. The molecule has 1 aromatic carbocycles. The number of hydrogen-bond donors (Lipinski definition) is 2. The van der Waals surface area contributed by atoms with Gasteiger partial charge in [-0.05, 0) is 49.2 Å². The smallest absolute Gasteiger partial charge is 0.274 e. The first-order chi connectivity index (χ1) is 10.2. The fourth-order valence-electron chi connectivity index (χ4n) is 1.95. The number of nitrogens with zero attached hydrogens (tertiary/aromatic N) is 1. The van der Waals surface area contributed by atoms with E-state index in [4.69, 9.17) is 4.74 Å². The molecule has 108 valence electrons. The summed E-state index contributed by atoms with van der Waals surface area (Å²) in [6, 6.07) is 13.1. The van der Waals surface area contributed by atoms with Crippen LogP contribution < -0.4 is 15.4 Å². The minimum Gasteiger partial charge on any atom is -0.497 e. The molecule has 1 saturated carbocycles. The van der Waals surface area contributed by atoms with E-state index >= 15 is 0 Å². The summed E-state index contributed by atoms with van der Waals surface area (Å²) in [5.41, 5.74) is 1.11. The molecule has 1 heterocycles. The minimum atomic E-state index is -0.223. The van der Waals surface area contributed by atoms with E-state index in [9.17, 15) is 4.79 Å². The highest BCUT2D eigenvalue weighted by molar-refractivity contribution is 6.03. The first kappa shape index (κ1) is 13.4. The maximum atomic E-state index is 12.2. The van der Waals surface area contributed by atoms with Crippen LogP contribution in [0.3, 0.4) is 0 Å². The zero-order valence-corrected chi connectivity index (χ0v) is 11.8. The van der Waals surface area contributed by atoms with E-state index in [2.05, 4.69) is 15.6 Å². The number of aromatic nitrogens is 1. The summed E-state index contributed by atoms with van der Waals surface area (Å²) in [4.78, 5) is 16.5. The van der Waals surface area contributed by atoms with Crippen molar-refractivity contribution in [1.29, 1.82) is 0 Å². The Morgan fingerprint density at radius 1 is 1.19 bits per heavy atom. The van der Waals surface area contributed by atoms with Gasteiger partial charge in [-0.15, -0.1) is 0 Å². The molecule has 0 atom stereocenters. The summed E-state index contributed by atoms with van der Waals surface area (Å²) in [7, 11) is 1.61. The van der Waals surface area contributed by atoms with Crippen LogP contribution in [0, 0.1) is 0 Å². The molecule has 3 rings (SSSR count). The van der Waals surface area contributed by atoms with Crippen LogP contribution in [0.25, 0.3) is 0 Å². The fraction of sp³-hybridized carbons (Fsp3) is 0.250. The fourth-order valence-corrected chi connectivity index (χ4v) is 1.95. The molecule has 0 bridgehead atoms. The maximum Gasteiger partial charge on any atom is 0.274 e.